The fraction of sp³-hybridized carbons (Fsp3) is 0.400. The molecular formula is C25H27ClFN3O3. The first-order valence-electron chi connectivity index (χ1n) is 11.1. The van der Waals surface area contributed by atoms with E-state index in [-0.39, 0.29) is 10.9 Å². The molecule has 4 rings (SSSR count). The maximum atomic E-state index is 13.6. The number of rotatable bonds is 7. The number of aromatic nitrogens is 2. The second-order valence-corrected chi connectivity index (χ2v) is 9.65. The molecule has 2 aromatic heterocycles. The van der Waals surface area contributed by atoms with Crippen molar-refractivity contribution in [2.45, 2.75) is 52.6 Å². The highest BCUT2D eigenvalue weighted by Crippen LogP contribution is 2.32. The first-order chi connectivity index (χ1) is 15.7. The van der Waals surface area contributed by atoms with E-state index in [1.165, 1.54) is 11.6 Å². The van der Waals surface area contributed by atoms with Crippen molar-refractivity contribution in [1.82, 2.24) is 14.5 Å². The molecule has 1 amide bonds. The van der Waals surface area contributed by atoms with Crippen LogP contribution in [0.3, 0.4) is 0 Å². The van der Waals surface area contributed by atoms with Gasteiger partial charge in [0.1, 0.15) is 11.5 Å². The van der Waals surface area contributed by atoms with E-state index in [2.05, 4.69) is 9.55 Å². The standard InChI is InChI=1S/C25H27ClFN3O3/c1-25(2,24(32)33)10-3-6-22(31)29-12-9-17-18-5-4-11-28-23(18)30(21(17)15-29)14-16-7-8-20(27)19(26)13-16/h4-5,7-8,11,13H,3,6,9-10,12,14-15H2,1-2H3,(H,32,33). The van der Waals surface area contributed by atoms with Crippen molar-refractivity contribution in [1.29, 1.82) is 0 Å². The molecule has 3 aromatic rings. The highest BCUT2D eigenvalue weighted by Gasteiger charge is 2.29. The third-order valence-corrected chi connectivity index (χ3v) is 6.75. The summed E-state index contributed by atoms with van der Waals surface area (Å²) < 4.78 is 15.7. The molecule has 0 fully saturated rings. The lowest BCUT2D eigenvalue weighted by molar-refractivity contribution is -0.147. The van der Waals surface area contributed by atoms with Crippen LogP contribution in [-0.2, 0) is 29.1 Å². The lowest BCUT2D eigenvalue weighted by Gasteiger charge is -2.29. The van der Waals surface area contributed by atoms with Crippen LogP contribution in [0, 0.1) is 11.2 Å². The number of carboxylic acids is 1. The first-order valence-corrected chi connectivity index (χ1v) is 11.5. The molecule has 1 aliphatic heterocycles. The van der Waals surface area contributed by atoms with Crippen molar-refractivity contribution in [3.8, 4) is 0 Å². The summed E-state index contributed by atoms with van der Waals surface area (Å²) >= 11 is 5.99. The number of carboxylic acid groups (broad SMARTS) is 1. The Morgan fingerprint density at radius 1 is 1.27 bits per heavy atom. The maximum absolute atomic E-state index is 13.6. The second kappa shape index (κ2) is 9.14. The fourth-order valence-electron chi connectivity index (χ4n) is 4.41. The highest BCUT2D eigenvalue weighted by molar-refractivity contribution is 6.30. The van der Waals surface area contributed by atoms with Gasteiger partial charge in [-0.3, -0.25) is 9.59 Å². The quantitative estimate of drug-likeness (QED) is 0.523. The van der Waals surface area contributed by atoms with Crippen LogP contribution in [0.15, 0.2) is 36.5 Å². The Morgan fingerprint density at radius 2 is 2.06 bits per heavy atom. The largest absolute Gasteiger partial charge is 0.481 e. The molecule has 33 heavy (non-hydrogen) atoms. The van der Waals surface area contributed by atoms with Crippen molar-refractivity contribution < 1.29 is 19.1 Å². The zero-order valence-corrected chi connectivity index (χ0v) is 19.5. The Kier molecular flexibility index (Phi) is 6.43. The Labute approximate surface area is 197 Å². The van der Waals surface area contributed by atoms with Crippen LogP contribution in [0.5, 0.6) is 0 Å². The van der Waals surface area contributed by atoms with Crippen molar-refractivity contribution >= 4 is 34.5 Å². The number of pyridine rings is 1. The van der Waals surface area contributed by atoms with Gasteiger partial charge in [-0.2, -0.15) is 0 Å². The van der Waals surface area contributed by atoms with E-state index in [4.69, 9.17) is 11.6 Å². The van der Waals surface area contributed by atoms with Gasteiger partial charge in [-0.15, -0.1) is 0 Å². The number of fused-ring (bicyclic) bond motifs is 3. The summed E-state index contributed by atoms with van der Waals surface area (Å²) in [6.45, 7) is 4.91. The van der Waals surface area contributed by atoms with E-state index in [1.807, 2.05) is 17.0 Å². The average molecular weight is 472 g/mol. The van der Waals surface area contributed by atoms with Gasteiger partial charge in [0.25, 0.3) is 0 Å². The molecule has 174 valence electrons. The van der Waals surface area contributed by atoms with E-state index in [9.17, 15) is 19.1 Å². The number of carbonyl (C=O) groups is 2. The van der Waals surface area contributed by atoms with Crippen molar-refractivity contribution in [2.75, 3.05) is 6.54 Å². The molecule has 0 atom stereocenters. The normalized spacial score (nSPS) is 13.9. The van der Waals surface area contributed by atoms with Gasteiger partial charge in [0.15, 0.2) is 0 Å². The first kappa shape index (κ1) is 23.2. The van der Waals surface area contributed by atoms with Crippen LogP contribution in [0.25, 0.3) is 11.0 Å². The summed E-state index contributed by atoms with van der Waals surface area (Å²) in [4.78, 5) is 30.7. The number of halogens is 2. The van der Waals surface area contributed by atoms with Gasteiger partial charge in [-0.25, -0.2) is 9.37 Å². The molecule has 1 aromatic carbocycles. The van der Waals surface area contributed by atoms with Crippen LogP contribution >= 0.6 is 11.6 Å². The van der Waals surface area contributed by atoms with Gasteiger partial charge in [0, 0.05) is 36.8 Å². The van der Waals surface area contributed by atoms with Crippen LogP contribution in [-0.4, -0.2) is 38.0 Å². The molecule has 1 aliphatic rings. The molecule has 3 heterocycles. The summed E-state index contributed by atoms with van der Waals surface area (Å²) in [5, 5.41) is 10.4. The van der Waals surface area contributed by atoms with Crippen LogP contribution in [0.1, 0.15) is 49.9 Å². The summed E-state index contributed by atoms with van der Waals surface area (Å²) in [5.74, 6) is -1.28. The van der Waals surface area contributed by atoms with Crippen LogP contribution < -0.4 is 0 Å². The summed E-state index contributed by atoms with van der Waals surface area (Å²) in [6, 6.07) is 8.63. The lowest BCUT2D eigenvalue weighted by Crippen LogP contribution is -2.36. The number of carbonyl (C=O) groups excluding carboxylic acids is 1. The Balaban J connectivity index is 1.56. The highest BCUT2D eigenvalue weighted by atomic mass is 35.5. The summed E-state index contributed by atoms with van der Waals surface area (Å²) in [5.41, 5.74) is 3.05. The van der Waals surface area contributed by atoms with E-state index < -0.39 is 17.2 Å². The molecule has 0 bridgehead atoms. The minimum atomic E-state index is -0.851. The van der Waals surface area contributed by atoms with Gasteiger partial charge >= 0.3 is 5.97 Å². The molecule has 0 saturated carbocycles. The third kappa shape index (κ3) is 4.74. The summed E-state index contributed by atoms with van der Waals surface area (Å²) in [6.07, 6.45) is 3.76. The average Bonchev–Trinajstić information content (AvgIpc) is 3.09. The molecule has 0 aliphatic carbocycles. The number of nitrogens with zero attached hydrogens (tertiary/aromatic N) is 3. The van der Waals surface area contributed by atoms with E-state index in [0.29, 0.717) is 38.9 Å². The van der Waals surface area contributed by atoms with Crippen molar-refractivity contribution in [2.24, 2.45) is 5.41 Å². The molecule has 0 saturated heterocycles. The van der Waals surface area contributed by atoms with Crippen LogP contribution in [0.4, 0.5) is 4.39 Å². The maximum Gasteiger partial charge on any atom is 0.309 e. The van der Waals surface area contributed by atoms with Gasteiger partial charge < -0.3 is 14.6 Å². The van der Waals surface area contributed by atoms with Crippen LogP contribution in [0.2, 0.25) is 5.02 Å². The van der Waals surface area contributed by atoms with Gasteiger partial charge in [0.2, 0.25) is 5.91 Å². The number of benzene rings is 1. The van der Waals surface area contributed by atoms with E-state index in [0.717, 1.165) is 28.7 Å². The van der Waals surface area contributed by atoms with Gasteiger partial charge in [0.05, 0.1) is 17.0 Å². The van der Waals surface area contributed by atoms with Gasteiger partial charge in [-0.05, 0) is 68.5 Å². The number of aliphatic carboxylic acids is 1. The topological polar surface area (TPSA) is 75.4 Å². The molecule has 0 spiro atoms. The predicted octanol–water partition coefficient (Wildman–Crippen LogP) is 5.04. The molecule has 0 unspecified atom stereocenters. The second-order valence-electron chi connectivity index (χ2n) is 9.24. The third-order valence-electron chi connectivity index (χ3n) is 6.46. The number of hydrogen-bond acceptors (Lipinski definition) is 3. The van der Waals surface area contributed by atoms with Crippen molar-refractivity contribution in [3.63, 3.8) is 0 Å². The zero-order valence-electron chi connectivity index (χ0n) is 18.8. The smallest absolute Gasteiger partial charge is 0.309 e. The predicted molar refractivity (Wildman–Crippen MR) is 125 cm³/mol. The molecular weight excluding hydrogens is 445 g/mol. The van der Waals surface area contributed by atoms with E-state index in [1.54, 1.807) is 32.2 Å². The molecule has 0 radical (unpaired) electrons. The van der Waals surface area contributed by atoms with Crippen molar-refractivity contribution in [3.05, 3.63) is 64.2 Å². The van der Waals surface area contributed by atoms with E-state index >= 15 is 0 Å². The number of amides is 1. The minimum absolute atomic E-state index is 0.0245. The summed E-state index contributed by atoms with van der Waals surface area (Å²) in [7, 11) is 0. The fourth-order valence-corrected chi connectivity index (χ4v) is 4.61. The molecule has 6 nitrogen and oxygen atoms in total. The SMILES string of the molecule is CC(C)(CCCC(=O)N1CCc2c(n(Cc3ccc(F)c(Cl)c3)c3ncccc23)C1)C(=O)O. The monoisotopic (exact) mass is 471 g/mol. The minimum Gasteiger partial charge on any atom is -0.481 e. The number of hydrogen-bond donors (Lipinski definition) is 1. The Bertz CT molecular complexity index is 1220. The molecule has 8 heteroatoms. The van der Waals surface area contributed by atoms with Gasteiger partial charge in [-0.1, -0.05) is 17.7 Å². The Morgan fingerprint density at radius 3 is 2.79 bits per heavy atom. The molecule has 1 N–H and O–H groups in total. The Hall–Kier alpha value is -2.93. The zero-order chi connectivity index (χ0) is 23.8. The lowest BCUT2D eigenvalue weighted by atomic mass is 9.87.